The Hall–Kier alpha value is -4.32. The van der Waals surface area contributed by atoms with Gasteiger partial charge in [-0.25, -0.2) is 0 Å². The van der Waals surface area contributed by atoms with E-state index in [1.54, 1.807) is 0 Å². The van der Waals surface area contributed by atoms with Crippen molar-refractivity contribution < 1.29 is 28.5 Å². The molecule has 0 bridgehead atoms. The molecule has 11 nitrogen and oxygen atoms in total. The van der Waals surface area contributed by atoms with Crippen molar-refractivity contribution in [1.29, 1.82) is 0 Å². The monoisotopic (exact) mass is 577 g/mol. The first-order valence-electron chi connectivity index (χ1n) is 10.5. The second kappa shape index (κ2) is 11.4. The molecule has 1 N–H and O–H groups in total. The molecular formula is C24H14Cl3N3O8. The molecule has 0 aliphatic carbocycles. The summed E-state index contributed by atoms with van der Waals surface area (Å²) in [7, 11) is 0. The fourth-order valence-electron chi connectivity index (χ4n) is 3.14. The van der Waals surface area contributed by atoms with Gasteiger partial charge in [0.05, 0.1) is 31.6 Å². The molecule has 0 fully saturated rings. The van der Waals surface area contributed by atoms with Gasteiger partial charge < -0.3 is 19.2 Å². The van der Waals surface area contributed by atoms with E-state index in [0.717, 1.165) is 12.1 Å². The van der Waals surface area contributed by atoms with Crippen LogP contribution < -0.4 is 14.8 Å². The lowest BCUT2D eigenvalue weighted by molar-refractivity contribution is -0.385. The van der Waals surface area contributed by atoms with Crippen LogP contribution in [-0.2, 0) is 6.61 Å². The van der Waals surface area contributed by atoms with E-state index in [2.05, 4.69) is 5.32 Å². The quantitative estimate of drug-likeness (QED) is 0.157. The minimum absolute atomic E-state index is 0.0345. The summed E-state index contributed by atoms with van der Waals surface area (Å²) in [5.41, 5.74) is -0.460. The normalized spacial score (nSPS) is 10.6. The maximum Gasteiger partial charge on any atom is 0.291 e. The first-order chi connectivity index (χ1) is 18.1. The highest BCUT2D eigenvalue weighted by Crippen LogP contribution is 2.35. The van der Waals surface area contributed by atoms with Crippen molar-refractivity contribution in [2.45, 2.75) is 6.61 Å². The number of halogens is 3. The van der Waals surface area contributed by atoms with Gasteiger partial charge in [-0.15, -0.1) is 0 Å². The van der Waals surface area contributed by atoms with Crippen molar-refractivity contribution in [3.05, 3.63) is 114 Å². The maximum atomic E-state index is 12.7. The van der Waals surface area contributed by atoms with Gasteiger partial charge in [-0.1, -0.05) is 34.8 Å². The minimum Gasteiger partial charge on any atom is -0.484 e. The Kier molecular flexibility index (Phi) is 8.01. The molecule has 1 heterocycles. The number of amides is 1. The molecule has 194 valence electrons. The molecule has 4 rings (SSSR count). The van der Waals surface area contributed by atoms with Crippen molar-refractivity contribution in [2.75, 3.05) is 5.32 Å². The molecule has 4 aromatic rings. The molecule has 0 unspecified atom stereocenters. The number of anilines is 1. The summed E-state index contributed by atoms with van der Waals surface area (Å²) in [5.74, 6) is -0.104. The second-order valence-electron chi connectivity index (χ2n) is 7.53. The van der Waals surface area contributed by atoms with Crippen LogP contribution in [-0.4, -0.2) is 15.8 Å². The number of furan rings is 1. The Bertz CT molecular complexity index is 1560. The summed E-state index contributed by atoms with van der Waals surface area (Å²) < 4.78 is 16.7. The van der Waals surface area contributed by atoms with E-state index in [1.807, 2.05) is 0 Å². The van der Waals surface area contributed by atoms with Crippen LogP contribution in [0.1, 0.15) is 16.3 Å². The van der Waals surface area contributed by atoms with E-state index in [4.69, 9.17) is 48.7 Å². The van der Waals surface area contributed by atoms with Crippen LogP contribution in [0, 0.1) is 20.2 Å². The lowest BCUT2D eigenvalue weighted by Crippen LogP contribution is -2.11. The van der Waals surface area contributed by atoms with Gasteiger partial charge in [0, 0.05) is 29.3 Å². The number of nitro groups is 2. The summed E-state index contributed by atoms with van der Waals surface area (Å²) in [6, 6.07) is 14.8. The zero-order valence-corrected chi connectivity index (χ0v) is 21.1. The van der Waals surface area contributed by atoms with Crippen LogP contribution >= 0.6 is 34.8 Å². The molecule has 0 spiro atoms. The van der Waals surface area contributed by atoms with E-state index >= 15 is 0 Å². The third-order valence-electron chi connectivity index (χ3n) is 4.86. The highest BCUT2D eigenvalue weighted by Gasteiger charge is 2.17. The first kappa shape index (κ1) is 26.7. The molecule has 0 aliphatic heterocycles. The Balaban J connectivity index is 1.46. The molecule has 1 aromatic heterocycles. The average Bonchev–Trinajstić information content (AvgIpc) is 3.34. The number of ether oxygens (including phenoxy) is 2. The second-order valence-corrected chi connectivity index (χ2v) is 8.78. The largest absolute Gasteiger partial charge is 0.484 e. The SMILES string of the molecule is O=C(Nc1cc(Oc2ccc(Cl)cc2Cl)cc([N+](=O)[O-])c1)c1ccc(COc2ccc([N+](=O)[O-])cc2Cl)o1. The van der Waals surface area contributed by atoms with Crippen LogP contribution in [0.3, 0.4) is 0 Å². The number of carbonyl (C=O) groups is 1. The molecule has 3 aromatic carbocycles. The Morgan fingerprint density at radius 2 is 1.55 bits per heavy atom. The van der Waals surface area contributed by atoms with Crippen LogP contribution in [0.4, 0.5) is 17.1 Å². The van der Waals surface area contributed by atoms with Gasteiger partial charge in [-0.3, -0.25) is 25.0 Å². The van der Waals surface area contributed by atoms with E-state index in [9.17, 15) is 25.0 Å². The van der Waals surface area contributed by atoms with E-state index in [1.165, 1.54) is 54.6 Å². The van der Waals surface area contributed by atoms with Crippen molar-refractivity contribution in [2.24, 2.45) is 0 Å². The number of rotatable bonds is 9. The van der Waals surface area contributed by atoms with Gasteiger partial charge >= 0.3 is 0 Å². The average molecular weight is 579 g/mol. The van der Waals surface area contributed by atoms with E-state index < -0.39 is 15.8 Å². The van der Waals surface area contributed by atoms with Crippen molar-refractivity contribution in [1.82, 2.24) is 0 Å². The number of benzene rings is 3. The summed E-state index contributed by atoms with van der Waals surface area (Å²) in [4.78, 5) is 33.7. The molecule has 38 heavy (non-hydrogen) atoms. The number of hydrogen-bond donors (Lipinski definition) is 1. The number of nitro benzene ring substituents is 2. The zero-order valence-electron chi connectivity index (χ0n) is 18.9. The van der Waals surface area contributed by atoms with E-state index in [-0.39, 0.29) is 62.5 Å². The molecular weight excluding hydrogens is 565 g/mol. The summed E-state index contributed by atoms with van der Waals surface area (Å²) in [5, 5.41) is 25.4. The molecule has 1 amide bonds. The van der Waals surface area contributed by atoms with Crippen molar-refractivity contribution >= 4 is 57.8 Å². The Morgan fingerprint density at radius 3 is 2.24 bits per heavy atom. The smallest absolute Gasteiger partial charge is 0.291 e. The maximum absolute atomic E-state index is 12.7. The number of non-ortho nitro benzene ring substituents is 2. The molecule has 0 radical (unpaired) electrons. The number of hydrogen-bond acceptors (Lipinski definition) is 8. The third kappa shape index (κ3) is 6.51. The zero-order chi connectivity index (χ0) is 27.4. The van der Waals surface area contributed by atoms with Gasteiger partial charge in [0.25, 0.3) is 17.3 Å². The predicted octanol–water partition coefficient (Wildman–Crippen LogP) is 7.68. The van der Waals surface area contributed by atoms with Crippen LogP contribution in [0.2, 0.25) is 15.1 Å². The minimum atomic E-state index is -0.694. The van der Waals surface area contributed by atoms with Crippen LogP contribution in [0.5, 0.6) is 17.2 Å². The summed E-state index contributed by atoms with van der Waals surface area (Å²) in [6.45, 7) is -0.124. The van der Waals surface area contributed by atoms with Gasteiger partial charge in [0.2, 0.25) is 0 Å². The molecule has 0 saturated heterocycles. The Morgan fingerprint density at radius 1 is 0.842 bits per heavy atom. The molecule has 14 heteroatoms. The van der Waals surface area contributed by atoms with Crippen LogP contribution in [0.15, 0.2) is 71.1 Å². The number of carbonyl (C=O) groups excluding carboxylic acids is 1. The highest BCUT2D eigenvalue weighted by atomic mass is 35.5. The topological polar surface area (TPSA) is 147 Å². The van der Waals surface area contributed by atoms with E-state index in [0.29, 0.717) is 5.02 Å². The number of nitrogens with one attached hydrogen (secondary N) is 1. The molecule has 0 aliphatic rings. The summed E-state index contributed by atoms with van der Waals surface area (Å²) in [6.07, 6.45) is 0. The highest BCUT2D eigenvalue weighted by molar-refractivity contribution is 6.35. The fraction of sp³-hybridized carbons (Fsp3) is 0.0417. The van der Waals surface area contributed by atoms with Gasteiger partial charge in [0.15, 0.2) is 5.76 Å². The van der Waals surface area contributed by atoms with Gasteiger partial charge in [0.1, 0.15) is 29.6 Å². The number of nitrogens with zero attached hydrogens (tertiary/aromatic N) is 2. The summed E-state index contributed by atoms with van der Waals surface area (Å²) >= 11 is 18.0. The molecule has 0 saturated carbocycles. The third-order valence-corrected chi connectivity index (χ3v) is 5.69. The lowest BCUT2D eigenvalue weighted by atomic mass is 10.2. The first-order valence-corrected chi connectivity index (χ1v) is 11.6. The fourth-order valence-corrected chi connectivity index (χ4v) is 3.82. The molecule has 0 atom stereocenters. The predicted molar refractivity (Wildman–Crippen MR) is 139 cm³/mol. The van der Waals surface area contributed by atoms with Crippen LogP contribution in [0.25, 0.3) is 0 Å². The van der Waals surface area contributed by atoms with Gasteiger partial charge in [-0.05, 0) is 36.4 Å². The van der Waals surface area contributed by atoms with Crippen molar-refractivity contribution in [3.8, 4) is 17.2 Å². The standard InChI is InChI=1S/C24H14Cl3N3O8/c25-13-1-4-22(19(26)7-13)38-18-9-14(8-16(10-18)30(34)35)28-24(31)23-6-3-17(37-23)12-36-21-5-2-15(29(32)33)11-20(21)27/h1-11H,12H2,(H,28,31). The van der Waals surface area contributed by atoms with Gasteiger partial charge in [-0.2, -0.15) is 0 Å². The Labute approximate surface area is 228 Å². The van der Waals surface area contributed by atoms with Crippen molar-refractivity contribution in [3.63, 3.8) is 0 Å². The lowest BCUT2D eigenvalue weighted by Gasteiger charge is -2.10.